The first-order chi connectivity index (χ1) is 10.0. The van der Waals surface area contributed by atoms with Gasteiger partial charge in [-0.3, -0.25) is 14.9 Å². The van der Waals surface area contributed by atoms with Gasteiger partial charge in [0.1, 0.15) is 6.04 Å². The second kappa shape index (κ2) is 6.72. The van der Waals surface area contributed by atoms with E-state index in [9.17, 15) is 9.59 Å². The van der Waals surface area contributed by atoms with Crippen LogP contribution in [-0.2, 0) is 16.0 Å². The number of aliphatic carboxylic acids is 1. The van der Waals surface area contributed by atoms with Gasteiger partial charge in [0.25, 0.3) is 0 Å². The predicted molar refractivity (Wildman–Crippen MR) is 81.4 cm³/mol. The van der Waals surface area contributed by atoms with E-state index in [4.69, 9.17) is 5.11 Å². The van der Waals surface area contributed by atoms with E-state index in [2.05, 4.69) is 5.32 Å². The van der Waals surface area contributed by atoms with Crippen LogP contribution in [0.3, 0.4) is 0 Å². The monoisotopic (exact) mass is 290 g/mol. The van der Waals surface area contributed by atoms with Crippen molar-refractivity contribution in [2.45, 2.75) is 45.2 Å². The Bertz CT molecular complexity index is 530. The average molecular weight is 290 g/mol. The van der Waals surface area contributed by atoms with Crippen molar-refractivity contribution in [1.82, 2.24) is 5.32 Å². The number of fused-ring (bicyclic) bond motifs is 1. The van der Waals surface area contributed by atoms with Crippen LogP contribution >= 0.6 is 0 Å². The highest BCUT2D eigenvalue weighted by molar-refractivity contribution is 5.97. The Kier molecular flexibility index (Phi) is 4.96. The van der Waals surface area contributed by atoms with Gasteiger partial charge >= 0.3 is 5.97 Å². The van der Waals surface area contributed by atoms with Crippen molar-refractivity contribution < 1.29 is 14.7 Å². The predicted octanol–water partition coefficient (Wildman–Crippen LogP) is 1.81. The molecule has 1 aromatic carbocycles. The molecule has 2 N–H and O–H groups in total. The van der Waals surface area contributed by atoms with E-state index >= 15 is 0 Å². The van der Waals surface area contributed by atoms with E-state index in [1.807, 2.05) is 38.1 Å². The fourth-order valence-electron chi connectivity index (χ4n) is 2.84. The lowest BCUT2D eigenvalue weighted by Crippen LogP contribution is -2.46. The van der Waals surface area contributed by atoms with E-state index < -0.39 is 12.0 Å². The topological polar surface area (TPSA) is 69.6 Å². The summed E-state index contributed by atoms with van der Waals surface area (Å²) in [5, 5.41) is 12.0. The molecule has 1 amide bonds. The highest BCUT2D eigenvalue weighted by Crippen LogP contribution is 2.31. The number of anilines is 1. The molecule has 5 heteroatoms. The van der Waals surface area contributed by atoms with Gasteiger partial charge in [0, 0.05) is 11.7 Å². The zero-order valence-electron chi connectivity index (χ0n) is 12.5. The first-order valence-electron chi connectivity index (χ1n) is 7.40. The summed E-state index contributed by atoms with van der Waals surface area (Å²) in [5.41, 5.74) is 2.11. The highest BCUT2D eigenvalue weighted by Gasteiger charge is 2.30. The van der Waals surface area contributed by atoms with E-state index in [-0.39, 0.29) is 18.5 Å². The van der Waals surface area contributed by atoms with Gasteiger partial charge in [-0.1, -0.05) is 31.5 Å². The van der Waals surface area contributed by atoms with Crippen molar-refractivity contribution in [3.8, 4) is 0 Å². The molecule has 1 aliphatic heterocycles. The minimum atomic E-state index is -0.903. The summed E-state index contributed by atoms with van der Waals surface area (Å²) < 4.78 is 0. The quantitative estimate of drug-likeness (QED) is 0.838. The molecule has 0 spiro atoms. The Balaban J connectivity index is 2.02. The van der Waals surface area contributed by atoms with Gasteiger partial charge in [0.05, 0.1) is 6.54 Å². The van der Waals surface area contributed by atoms with E-state index in [1.165, 1.54) is 5.56 Å². The Hall–Kier alpha value is -1.88. The fraction of sp³-hybridized carbons (Fsp3) is 0.500. The van der Waals surface area contributed by atoms with Crippen LogP contribution in [0.25, 0.3) is 0 Å². The summed E-state index contributed by atoms with van der Waals surface area (Å²) in [4.78, 5) is 25.3. The van der Waals surface area contributed by atoms with Crippen molar-refractivity contribution in [1.29, 1.82) is 0 Å². The Morgan fingerprint density at radius 2 is 2.14 bits per heavy atom. The molecule has 1 aromatic rings. The molecule has 0 bridgehead atoms. The number of para-hydroxylation sites is 1. The third-order valence-corrected chi connectivity index (χ3v) is 3.85. The number of carboxylic acids is 1. The van der Waals surface area contributed by atoms with Crippen LogP contribution in [0, 0.1) is 0 Å². The number of rotatable bonds is 6. The lowest BCUT2D eigenvalue weighted by atomic mass is 10.1. The van der Waals surface area contributed by atoms with Gasteiger partial charge in [-0.2, -0.15) is 0 Å². The normalized spacial score (nSPS) is 18.4. The SMILES string of the molecule is CCC[C@H](NCC(=O)N1c2ccccc2C[C@@H]1C)C(=O)O. The summed E-state index contributed by atoms with van der Waals surface area (Å²) in [5.74, 6) is -0.977. The molecule has 0 radical (unpaired) electrons. The average Bonchev–Trinajstić information content (AvgIpc) is 2.78. The number of carboxylic acid groups (broad SMARTS) is 1. The van der Waals surface area contributed by atoms with Gasteiger partial charge in [-0.15, -0.1) is 0 Å². The first kappa shape index (κ1) is 15.5. The van der Waals surface area contributed by atoms with Crippen molar-refractivity contribution >= 4 is 17.6 Å². The molecule has 21 heavy (non-hydrogen) atoms. The minimum absolute atomic E-state index is 0.0512. The third kappa shape index (κ3) is 3.42. The number of hydrogen-bond donors (Lipinski definition) is 2. The van der Waals surface area contributed by atoms with Crippen molar-refractivity contribution in [3.63, 3.8) is 0 Å². The van der Waals surface area contributed by atoms with Crippen LogP contribution in [0.5, 0.6) is 0 Å². The number of nitrogens with zero attached hydrogens (tertiary/aromatic N) is 1. The number of carbonyl (C=O) groups excluding carboxylic acids is 1. The molecular weight excluding hydrogens is 268 g/mol. The van der Waals surface area contributed by atoms with Crippen LogP contribution in [-0.4, -0.2) is 35.6 Å². The molecule has 0 aromatic heterocycles. The van der Waals surface area contributed by atoms with E-state index in [0.717, 1.165) is 18.5 Å². The van der Waals surface area contributed by atoms with Crippen LogP contribution < -0.4 is 10.2 Å². The fourth-order valence-corrected chi connectivity index (χ4v) is 2.84. The maximum absolute atomic E-state index is 12.4. The molecule has 0 unspecified atom stereocenters. The molecule has 0 aliphatic carbocycles. The summed E-state index contributed by atoms with van der Waals surface area (Å²) in [6.07, 6.45) is 2.13. The highest BCUT2D eigenvalue weighted by atomic mass is 16.4. The molecule has 2 rings (SSSR count). The Morgan fingerprint density at radius 1 is 1.43 bits per heavy atom. The second-order valence-electron chi connectivity index (χ2n) is 5.51. The Morgan fingerprint density at radius 3 is 2.81 bits per heavy atom. The van der Waals surface area contributed by atoms with Crippen LogP contribution in [0.2, 0.25) is 0 Å². The van der Waals surface area contributed by atoms with Gasteiger partial charge in [-0.25, -0.2) is 0 Å². The van der Waals surface area contributed by atoms with Crippen molar-refractivity contribution in [2.24, 2.45) is 0 Å². The molecule has 114 valence electrons. The molecule has 1 heterocycles. The zero-order valence-corrected chi connectivity index (χ0v) is 12.5. The van der Waals surface area contributed by atoms with Gasteiger partial charge < -0.3 is 10.0 Å². The maximum atomic E-state index is 12.4. The summed E-state index contributed by atoms with van der Waals surface area (Å²) in [6, 6.07) is 7.32. The lowest BCUT2D eigenvalue weighted by molar-refractivity contribution is -0.139. The molecule has 5 nitrogen and oxygen atoms in total. The number of nitrogens with one attached hydrogen (secondary N) is 1. The molecular formula is C16H22N2O3. The largest absolute Gasteiger partial charge is 0.480 e. The summed E-state index contributed by atoms with van der Waals surface area (Å²) in [7, 11) is 0. The molecule has 0 saturated heterocycles. The molecule has 1 aliphatic rings. The summed E-state index contributed by atoms with van der Waals surface area (Å²) >= 11 is 0. The minimum Gasteiger partial charge on any atom is -0.480 e. The van der Waals surface area contributed by atoms with E-state index in [1.54, 1.807) is 4.90 Å². The molecule has 0 saturated carbocycles. The zero-order chi connectivity index (χ0) is 15.4. The number of carbonyl (C=O) groups is 2. The molecule has 2 atom stereocenters. The Labute approximate surface area is 125 Å². The smallest absolute Gasteiger partial charge is 0.320 e. The van der Waals surface area contributed by atoms with Crippen molar-refractivity contribution in [3.05, 3.63) is 29.8 Å². The van der Waals surface area contributed by atoms with Crippen LogP contribution in [0.15, 0.2) is 24.3 Å². The summed E-state index contributed by atoms with van der Waals surface area (Å²) in [6.45, 7) is 3.99. The van der Waals surface area contributed by atoms with Gasteiger partial charge in [0.15, 0.2) is 0 Å². The van der Waals surface area contributed by atoms with Gasteiger partial charge in [0.2, 0.25) is 5.91 Å². The van der Waals surface area contributed by atoms with Crippen LogP contribution in [0.1, 0.15) is 32.3 Å². The van der Waals surface area contributed by atoms with Crippen LogP contribution in [0.4, 0.5) is 5.69 Å². The van der Waals surface area contributed by atoms with E-state index in [0.29, 0.717) is 6.42 Å². The maximum Gasteiger partial charge on any atom is 0.320 e. The number of benzene rings is 1. The third-order valence-electron chi connectivity index (χ3n) is 3.85. The van der Waals surface area contributed by atoms with Gasteiger partial charge in [-0.05, 0) is 31.4 Å². The number of amides is 1. The standard InChI is InChI=1S/C16H22N2O3/c1-3-6-13(16(20)21)17-10-15(19)18-11(2)9-12-7-4-5-8-14(12)18/h4-5,7-8,11,13,17H,3,6,9-10H2,1-2H3,(H,20,21)/t11-,13-/m0/s1. The number of hydrogen-bond acceptors (Lipinski definition) is 3. The van der Waals surface area contributed by atoms with Crippen molar-refractivity contribution in [2.75, 3.05) is 11.4 Å². The second-order valence-corrected chi connectivity index (χ2v) is 5.51. The first-order valence-corrected chi connectivity index (χ1v) is 7.40. The lowest BCUT2D eigenvalue weighted by Gasteiger charge is -2.24. The molecule has 0 fully saturated rings.